The lowest BCUT2D eigenvalue weighted by molar-refractivity contribution is 0.253. The largest absolute Gasteiger partial charge is 0.508 e. The van der Waals surface area contributed by atoms with Gasteiger partial charge in [-0.15, -0.1) is 11.6 Å². The predicted octanol–water partition coefficient (Wildman–Crippen LogP) is 4.42. The van der Waals surface area contributed by atoms with Gasteiger partial charge in [-0.1, -0.05) is 36.4 Å². The number of nitrogens with zero attached hydrogens (tertiary/aromatic N) is 1. The van der Waals surface area contributed by atoms with E-state index in [1.165, 1.54) is 5.56 Å². The number of methoxy groups -OCH3 is 1. The Hall–Kier alpha value is -1.71. The van der Waals surface area contributed by atoms with Crippen LogP contribution in [-0.2, 0) is 0 Å². The predicted molar refractivity (Wildman–Crippen MR) is 98.0 cm³/mol. The van der Waals surface area contributed by atoms with Gasteiger partial charge in [0.1, 0.15) is 11.5 Å². The number of phenolic OH excluding ortho intramolecular Hbond substituents is 1. The molecule has 1 aliphatic heterocycles. The van der Waals surface area contributed by atoms with E-state index in [0.717, 1.165) is 24.4 Å². The number of aromatic hydroxyl groups is 1. The van der Waals surface area contributed by atoms with Crippen LogP contribution in [0.1, 0.15) is 30.0 Å². The summed E-state index contributed by atoms with van der Waals surface area (Å²) >= 11 is 6.27. The number of likely N-dealkylation sites (tertiary alicyclic amines) is 1. The molecule has 1 fully saturated rings. The summed E-state index contributed by atoms with van der Waals surface area (Å²) in [4.78, 5) is 2.44. The second-order valence-corrected chi connectivity index (χ2v) is 6.76. The standard InChI is InChI=1S/C20H24ClNO2/c1-14(15-7-4-3-5-8-15)22-12-16(11-21)17(13-22)20-18(23)9-6-10-19(20)24-2/h3-10,14,16-17,23H,11-13H2,1-2H3/t14-,16+,17-/m1/s1. The Balaban J connectivity index is 1.88. The second kappa shape index (κ2) is 7.45. The van der Waals surface area contributed by atoms with Gasteiger partial charge in [0.2, 0.25) is 0 Å². The third-order valence-electron chi connectivity index (χ3n) is 5.13. The fourth-order valence-electron chi connectivity index (χ4n) is 3.73. The van der Waals surface area contributed by atoms with Gasteiger partial charge in [-0.2, -0.15) is 0 Å². The fraction of sp³-hybridized carbons (Fsp3) is 0.400. The lowest BCUT2D eigenvalue weighted by atomic mass is 9.89. The third-order valence-corrected chi connectivity index (χ3v) is 5.53. The van der Waals surface area contributed by atoms with Crippen molar-refractivity contribution in [2.45, 2.75) is 18.9 Å². The minimum atomic E-state index is 0.171. The van der Waals surface area contributed by atoms with Crippen molar-refractivity contribution in [2.75, 3.05) is 26.1 Å². The van der Waals surface area contributed by atoms with E-state index >= 15 is 0 Å². The lowest BCUT2D eigenvalue weighted by Gasteiger charge is -2.25. The van der Waals surface area contributed by atoms with Gasteiger partial charge in [0, 0.05) is 36.5 Å². The molecule has 3 atom stereocenters. The summed E-state index contributed by atoms with van der Waals surface area (Å²) in [6, 6.07) is 16.3. The molecule has 24 heavy (non-hydrogen) atoms. The molecule has 1 heterocycles. The molecule has 0 radical (unpaired) electrons. The number of halogens is 1. The van der Waals surface area contributed by atoms with Gasteiger partial charge in [0.05, 0.1) is 7.11 Å². The molecule has 2 aromatic carbocycles. The van der Waals surface area contributed by atoms with E-state index < -0.39 is 0 Å². The highest BCUT2D eigenvalue weighted by molar-refractivity contribution is 6.18. The lowest BCUT2D eigenvalue weighted by Crippen LogP contribution is -2.24. The first-order chi connectivity index (χ1) is 11.7. The monoisotopic (exact) mass is 345 g/mol. The summed E-state index contributed by atoms with van der Waals surface area (Å²) in [7, 11) is 1.65. The first kappa shape index (κ1) is 17.1. The van der Waals surface area contributed by atoms with Gasteiger partial charge >= 0.3 is 0 Å². The van der Waals surface area contributed by atoms with Crippen molar-refractivity contribution >= 4 is 11.6 Å². The molecule has 2 aromatic rings. The molecule has 1 N–H and O–H groups in total. The summed E-state index contributed by atoms with van der Waals surface area (Å²) < 4.78 is 5.49. The number of rotatable bonds is 5. The van der Waals surface area contributed by atoms with Crippen LogP contribution in [0.25, 0.3) is 0 Å². The van der Waals surface area contributed by atoms with Crippen LogP contribution in [0.5, 0.6) is 11.5 Å². The van der Waals surface area contributed by atoms with Crippen LogP contribution in [0.2, 0.25) is 0 Å². The zero-order valence-electron chi connectivity index (χ0n) is 14.2. The van der Waals surface area contributed by atoms with Crippen LogP contribution in [0, 0.1) is 5.92 Å². The molecule has 1 saturated heterocycles. The van der Waals surface area contributed by atoms with Crippen molar-refractivity contribution in [3.05, 3.63) is 59.7 Å². The van der Waals surface area contributed by atoms with Gasteiger partial charge in [-0.3, -0.25) is 4.90 Å². The van der Waals surface area contributed by atoms with E-state index in [1.54, 1.807) is 13.2 Å². The molecule has 1 aliphatic rings. The molecule has 0 amide bonds. The van der Waals surface area contributed by atoms with Crippen molar-refractivity contribution in [2.24, 2.45) is 5.92 Å². The molecule has 0 unspecified atom stereocenters. The molecule has 3 rings (SSSR count). The summed E-state index contributed by atoms with van der Waals surface area (Å²) in [5.41, 5.74) is 2.18. The summed E-state index contributed by atoms with van der Waals surface area (Å²) in [6.45, 7) is 4.01. The minimum absolute atomic E-state index is 0.171. The number of benzene rings is 2. The van der Waals surface area contributed by atoms with Gasteiger partial charge in [-0.05, 0) is 30.5 Å². The molecule has 3 nitrogen and oxygen atoms in total. The molecular weight excluding hydrogens is 322 g/mol. The number of ether oxygens (including phenoxy) is 1. The Morgan fingerprint density at radius 2 is 1.92 bits per heavy atom. The van der Waals surface area contributed by atoms with Crippen molar-refractivity contribution < 1.29 is 9.84 Å². The summed E-state index contributed by atoms with van der Waals surface area (Å²) in [5, 5.41) is 10.4. The highest BCUT2D eigenvalue weighted by atomic mass is 35.5. The van der Waals surface area contributed by atoms with Gasteiger partial charge in [0.15, 0.2) is 0 Å². The van der Waals surface area contributed by atoms with E-state index in [9.17, 15) is 5.11 Å². The van der Waals surface area contributed by atoms with Crippen LogP contribution in [-0.4, -0.2) is 36.1 Å². The molecular formula is C20H24ClNO2. The molecule has 0 spiro atoms. The maximum atomic E-state index is 10.4. The summed E-state index contributed by atoms with van der Waals surface area (Å²) in [6.07, 6.45) is 0. The van der Waals surface area contributed by atoms with Crippen LogP contribution in [0.15, 0.2) is 48.5 Å². The maximum Gasteiger partial charge on any atom is 0.126 e. The smallest absolute Gasteiger partial charge is 0.126 e. The second-order valence-electron chi connectivity index (χ2n) is 6.45. The number of hydrogen-bond acceptors (Lipinski definition) is 3. The highest BCUT2D eigenvalue weighted by Crippen LogP contribution is 2.44. The first-order valence-corrected chi connectivity index (χ1v) is 8.90. The van der Waals surface area contributed by atoms with Crippen molar-refractivity contribution in [1.82, 2.24) is 4.90 Å². The summed E-state index contributed by atoms with van der Waals surface area (Å²) in [5.74, 6) is 2.07. The van der Waals surface area contributed by atoms with E-state index in [4.69, 9.17) is 16.3 Å². The van der Waals surface area contributed by atoms with Gasteiger partial charge in [-0.25, -0.2) is 0 Å². The Bertz CT molecular complexity index is 677. The van der Waals surface area contributed by atoms with Crippen LogP contribution in [0.3, 0.4) is 0 Å². The van der Waals surface area contributed by atoms with Crippen molar-refractivity contribution in [3.8, 4) is 11.5 Å². The Kier molecular flexibility index (Phi) is 5.32. The molecule has 0 aromatic heterocycles. The maximum absolute atomic E-state index is 10.4. The molecule has 128 valence electrons. The molecule has 0 aliphatic carbocycles. The van der Waals surface area contributed by atoms with Crippen molar-refractivity contribution in [1.29, 1.82) is 0 Å². The Morgan fingerprint density at radius 1 is 1.17 bits per heavy atom. The van der Waals surface area contributed by atoms with Crippen LogP contribution >= 0.6 is 11.6 Å². The van der Waals surface area contributed by atoms with E-state index in [1.807, 2.05) is 18.2 Å². The molecule has 0 bridgehead atoms. The number of hydrogen-bond donors (Lipinski definition) is 1. The number of alkyl halides is 1. The first-order valence-electron chi connectivity index (χ1n) is 8.36. The zero-order chi connectivity index (χ0) is 17.1. The SMILES string of the molecule is COc1cccc(O)c1[C@@H]1CN([C@H](C)c2ccccc2)C[C@@H]1CCl. The average molecular weight is 346 g/mol. The van der Waals surface area contributed by atoms with E-state index in [-0.39, 0.29) is 5.92 Å². The van der Waals surface area contributed by atoms with Crippen LogP contribution in [0.4, 0.5) is 0 Å². The highest BCUT2D eigenvalue weighted by Gasteiger charge is 2.38. The quantitative estimate of drug-likeness (QED) is 0.814. The average Bonchev–Trinajstić information content (AvgIpc) is 3.05. The normalized spacial score (nSPS) is 22.5. The minimum Gasteiger partial charge on any atom is -0.508 e. The van der Waals surface area contributed by atoms with Crippen LogP contribution < -0.4 is 4.74 Å². The topological polar surface area (TPSA) is 32.7 Å². The zero-order valence-corrected chi connectivity index (χ0v) is 14.9. The van der Waals surface area contributed by atoms with E-state index in [0.29, 0.717) is 23.6 Å². The Labute approximate surface area is 148 Å². The fourth-order valence-corrected chi connectivity index (χ4v) is 4.04. The van der Waals surface area contributed by atoms with E-state index in [2.05, 4.69) is 36.1 Å². The third kappa shape index (κ3) is 3.24. The van der Waals surface area contributed by atoms with Gasteiger partial charge in [0.25, 0.3) is 0 Å². The van der Waals surface area contributed by atoms with Gasteiger partial charge < -0.3 is 9.84 Å². The number of phenols is 1. The molecule has 4 heteroatoms. The Morgan fingerprint density at radius 3 is 2.58 bits per heavy atom. The molecule has 0 saturated carbocycles. The van der Waals surface area contributed by atoms with Crippen molar-refractivity contribution in [3.63, 3.8) is 0 Å².